The second kappa shape index (κ2) is 5.62. The standard InChI is InChI=1S/C12H16Cl2O/c1-4-8(2)12(14)9-5-6-11(15-3)10(13)7-9/h5-8,12H,4H2,1-3H3. The second-order valence-corrected chi connectivity index (χ2v) is 4.56. The van der Waals surface area contributed by atoms with Crippen LogP contribution in [0.4, 0.5) is 0 Å². The van der Waals surface area contributed by atoms with Crippen LogP contribution in [0, 0.1) is 5.92 Å². The Hall–Kier alpha value is -0.400. The molecule has 0 aliphatic heterocycles. The van der Waals surface area contributed by atoms with Crippen molar-refractivity contribution in [2.45, 2.75) is 25.6 Å². The molecule has 2 unspecified atom stereocenters. The van der Waals surface area contributed by atoms with E-state index in [2.05, 4.69) is 13.8 Å². The first-order chi connectivity index (χ1) is 7.10. The van der Waals surface area contributed by atoms with Gasteiger partial charge in [0, 0.05) is 0 Å². The summed E-state index contributed by atoms with van der Waals surface area (Å²) < 4.78 is 5.09. The van der Waals surface area contributed by atoms with Gasteiger partial charge in [-0.2, -0.15) is 0 Å². The topological polar surface area (TPSA) is 9.23 Å². The molecule has 0 heterocycles. The molecule has 84 valence electrons. The molecule has 2 atom stereocenters. The molecule has 1 aromatic carbocycles. The summed E-state index contributed by atoms with van der Waals surface area (Å²) in [6.45, 7) is 4.26. The highest BCUT2D eigenvalue weighted by atomic mass is 35.5. The van der Waals surface area contributed by atoms with Gasteiger partial charge in [-0.1, -0.05) is 37.9 Å². The van der Waals surface area contributed by atoms with Crippen LogP contribution in [0.2, 0.25) is 5.02 Å². The van der Waals surface area contributed by atoms with Gasteiger partial charge in [-0.25, -0.2) is 0 Å². The van der Waals surface area contributed by atoms with Gasteiger partial charge in [0.25, 0.3) is 0 Å². The molecule has 0 aliphatic rings. The van der Waals surface area contributed by atoms with Crippen molar-refractivity contribution in [2.24, 2.45) is 5.92 Å². The SMILES string of the molecule is CCC(C)C(Cl)c1ccc(OC)c(Cl)c1. The average Bonchev–Trinajstić information content (AvgIpc) is 2.26. The number of halogens is 2. The van der Waals surface area contributed by atoms with Crippen molar-refractivity contribution in [1.82, 2.24) is 0 Å². The van der Waals surface area contributed by atoms with E-state index in [-0.39, 0.29) is 5.38 Å². The molecule has 1 rings (SSSR count). The lowest BCUT2D eigenvalue weighted by Crippen LogP contribution is -2.02. The van der Waals surface area contributed by atoms with E-state index in [1.165, 1.54) is 0 Å². The van der Waals surface area contributed by atoms with Crippen molar-refractivity contribution >= 4 is 23.2 Å². The normalized spacial score (nSPS) is 14.7. The number of rotatable bonds is 4. The summed E-state index contributed by atoms with van der Waals surface area (Å²) in [5, 5.41) is 0.627. The van der Waals surface area contributed by atoms with Crippen molar-refractivity contribution in [2.75, 3.05) is 7.11 Å². The van der Waals surface area contributed by atoms with E-state index in [1.54, 1.807) is 7.11 Å². The molecule has 1 aromatic rings. The van der Waals surface area contributed by atoms with E-state index in [0.717, 1.165) is 12.0 Å². The van der Waals surface area contributed by atoms with Crippen LogP contribution in [0.15, 0.2) is 18.2 Å². The van der Waals surface area contributed by atoms with Crippen LogP contribution in [0.1, 0.15) is 31.2 Å². The first kappa shape index (κ1) is 12.7. The lowest BCUT2D eigenvalue weighted by Gasteiger charge is -2.17. The van der Waals surface area contributed by atoms with Crippen molar-refractivity contribution in [1.29, 1.82) is 0 Å². The Bertz CT molecular complexity index is 325. The molecule has 0 amide bonds. The van der Waals surface area contributed by atoms with Gasteiger partial charge < -0.3 is 4.74 Å². The lowest BCUT2D eigenvalue weighted by molar-refractivity contribution is 0.414. The molecule has 0 saturated heterocycles. The molecule has 3 heteroatoms. The highest BCUT2D eigenvalue weighted by Crippen LogP contribution is 2.34. The molecule has 0 bridgehead atoms. The van der Waals surface area contributed by atoms with Gasteiger partial charge in [-0.3, -0.25) is 0 Å². The van der Waals surface area contributed by atoms with Gasteiger partial charge in [-0.15, -0.1) is 11.6 Å². The van der Waals surface area contributed by atoms with Gasteiger partial charge in [0.15, 0.2) is 0 Å². The molecular weight excluding hydrogens is 231 g/mol. The van der Waals surface area contributed by atoms with E-state index in [4.69, 9.17) is 27.9 Å². The molecule has 0 N–H and O–H groups in total. The van der Waals surface area contributed by atoms with Crippen molar-refractivity contribution in [3.63, 3.8) is 0 Å². The zero-order valence-corrected chi connectivity index (χ0v) is 10.8. The van der Waals surface area contributed by atoms with Crippen molar-refractivity contribution in [3.8, 4) is 5.75 Å². The quantitative estimate of drug-likeness (QED) is 0.702. The minimum atomic E-state index is 0.0124. The summed E-state index contributed by atoms with van der Waals surface area (Å²) >= 11 is 12.4. The number of methoxy groups -OCH3 is 1. The van der Waals surface area contributed by atoms with Crippen molar-refractivity contribution in [3.05, 3.63) is 28.8 Å². The number of hydrogen-bond acceptors (Lipinski definition) is 1. The highest BCUT2D eigenvalue weighted by Gasteiger charge is 2.16. The van der Waals surface area contributed by atoms with Crippen LogP contribution in [0.25, 0.3) is 0 Å². The van der Waals surface area contributed by atoms with Crippen LogP contribution < -0.4 is 4.74 Å². The molecule has 0 fully saturated rings. The predicted molar refractivity (Wildman–Crippen MR) is 66.1 cm³/mol. The Balaban J connectivity index is 2.92. The van der Waals surface area contributed by atoms with E-state index in [0.29, 0.717) is 16.7 Å². The Morgan fingerprint density at radius 3 is 2.53 bits per heavy atom. The third-order valence-corrected chi connectivity index (χ3v) is 3.62. The molecule has 15 heavy (non-hydrogen) atoms. The fraction of sp³-hybridized carbons (Fsp3) is 0.500. The van der Waals surface area contributed by atoms with Gasteiger partial charge in [0.05, 0.1) is 17.5 Å². The Morgan fingerprint density at radius 1 is 1.40 bits per heavy atom. The Labute approximate surface area is 101 Å². The summed E-state index contributed by atoms with van der Waals surface area (Å²) in [5.74, 6) is 1.13. The fourth-order valence-corrected chi connectivity index (χ4v) is 1.97. The first-order valence-electron chi connectivity index (χ1n) is 5.07. The van der Waals surface area contributed by atoms with E-state index in [9.17, 15) is 0 Å². The number of hydrogen-bond donors (Lipinski definition) is 0. The smallest absolute Gasteiger partial charge is 0.137 e. The van der Waals surface area contributed by atoms with E-state index >= 15 is 0 Å². The number of benzene rings is 1. The molecule has 0 aromatic heterocycles. The summed E-state index contributed by atoms with van der Waals surface area (Å²) in [5.41, 5.74) is 1.05. The largest absolute Gasteiger partial charge is 0.495 e. The van der Waals surface area contributed by atoms with Crippen LogP contribution in [-0.4, -0.2) is 7.11 Å². The van der Waals surface area contributed by atoms with Gasteiger partial charge >= 0.3 is 0 Å². The summed E-state index contributed by atoms with van der Waals surface area (Å²) in [7, 11) is 1.60. The van der Waals surface area contributed by atoms with Crippen LogP contribution in [-0.2, 0) is 0 Å². The Morgan fingerprint density at radius 2 is 2.07 bits per heavy atom. The van der Waals surface area contributed by atoms with Gasteiger partial charge in [0.2, 0.25) is 0 Å². The van der Waals surface area contributed by atoms with Gasteiger partial charge in [0.1, 0.15) is 5.75 Å². The molecular formula is C12H16Cl2O. The fourth-order valence-electron chi connectivity index (χ4n) is 1.39. The van der Waals surface area contributed by atoms with E-state index in [1.807, 2.05) is 18.2 Å². The maximum absolute atomic E-state index is 6.32. The molecule has 0 spiro atoms. The van der Waals surface area contributed by atoms with Crippen molar-refractivity contribution < 1.29 is 4.74 Å². The minimum absolute atomic E-state index is 0.0124. The lowest BCUT2D eigenvalue weighted by atomic mass is 9.98. The zero-order chi connectivity index (χ0) is 11.4. The predicted octanol–water partition coefficient (Wildman–Crippen LogP) is 4.67. The summed E-state index contributed by atoms with van der Waals surface area (Å²) in [4.78, 5) is 0. The zero-order valence-electron chi connectivity index (χ0n) is 9.26. The molecule has 0 radical (unpaired) electrons. The molecule has 0 aliphatic carbocycles. The number of alkyl halides is 1. The third-order valence-electron chi connectivity index (χ3n) is 2.64. The van der Waals surface area contributed by atoms with Gasteiger partial charge in [-0.05, 0) is 23.6 Å². The summed E-state index contributed by atoms with van der Waals surface area (Å²) in [6.07, 6.45) is 1.05. The van der Waals surface area contributed by atoms with Crippen LogP contribution in [0.5, 0.6) is 5.75 Å². The molecule has 1 nitrogen and oxygen atoms in total. The van der Waals surface area contributed by atoms with E-state index < -0.39 is 0 Å². The minimum Gasteiger partial charge on any atom is -0.495 e. The maximum Gasteiger partial charge on any atom is 0.137 e. The molecule has 0 saturated carbocycles. The monoisotopic (exact) mass is 246 g/mol. The first-order valence-corrected chi connectivity index (χ1v) is 5.89. The Kier molecular flexibility index (Phi) is 4.75. The second-order valence-electron chi connectivity index (χ2n) is 3.68. The third kappa shape index (κ3) is 3.02. The van der Waals surface area contributed by atoms with Crippen LogP contribution in [0.3, 0.4) is 0 Å². The average molecular weight is 247 g/mol. The van der Waals surface area contributed by atoms with Crippen LogP contribution >= 0.6 is 23.2 Å². The maximum atomic E-state index is 6.32. The highest BCUT2D eigenvalue weighted by molar-refractivity contribution is 6.32. The number of ether oxygens (including phenoxy) is 1. The summed E-state index contributed by atoms with van der Waals surface area (Å²) in [6, 6.07) is 5.70.